The van der Waals surface area contributed by atoms with Gasteiger partial charge in [0.25, 0.3) is 6.43 Å². The predicted molar refractivity (Wildman–Crippen MR) is 71.7 cm³/mol. The molecular formula is C13H17F2N3O4. The Balaban J connectivity index is 2.17. The van der Waals surface area contributed by atoms with Gasteiger partial charge < -0.3 is 15.2 Å². The quantitative estimate of drug-likeness (QED) is 0.798. The Morgan fingerprint density at radius 2 is 2.14 bits per heavy atom. The lowest BCUT2D eigenvalue weighted by Crippen LogP contribution is -2.47. The number of alkyl halides is 2. The molecule has 0 spiro atoms. The van der Waals surface area contributed by atoms with E-state index in [1.54, 1.807) is 0 Å². The van der Waals surface area contributed by atoms with Crippen LogP contribution >= 0.6 is 0 Å². The lowest BCUT2D eigenvalue weighted by atomic mass is 9.79. The largest absolute Gasteiger partial charge is 0.480 e. The van der Waals surface area contributed by atoms with Gasteiger partial charge in [-0.3, -0.25) is 14.3 Å². The number of rotatable bonds is 5. The highest BCUT2D eigenvalue weighted by molar-refractivity contribution is 6.08. The number of hydrogen-bond donors (Lipinski definition) is 2. The number of aromatic nitrogens is 2. The van der Waals surface area contributed by atoms with E-state index in [4.69, 9.17) is 4.74 Å². The van der Waals surface area contributed by atoms with Gasteiger partial charge in [-0.1, -0.05) is 0 Å². The van der Waals surface area contributed by atoms with Crippen molar-refractivity contribution < 1.29 is 28.2 Å². The number of carboxylic acids is 1. The van der Waals surface area contributed by atoms with Gasteiger partial charge in [-0.15, -0.1) is 0 Å². The topological polar surface area (TPSA) is 93.5 Å². The summed E-state index contributed by atoms with van der Waals surface area (Å²) in [5.74, 6) is -1.89. The maximum absolute atomic E-state index is 12.4. The molecule has 0 aliphatic carbocycles. The number of anilines is 1. The maximum atomic E-state index is 12.4. The van der Waals surface area contributed by atoms with Crippen molar-refractivity contribution in [3.8, 4) is 0 Å². The van der Waals surface area contributed by atoms with Gasteiger partial charge in [0.2, 0.25) is 5.91 Å². The molecule has 0 bridgehead atoms. The van der Waals surface area contributed by atoms with Gasteiger partial charge in [-0.25, -0.2) is 8.78 Å². The van der Waals surface area contributed by atoms with E-state index in [0.29, 0.717) is 5.69 Å². The Morgan fingerprint density at radius 3 is 2.68 bits per heavy atom. The van der Waals surface area contributed by atoms with Crippen molar-refractivity contribution >= 4 is 17.6 Å². The first-order valence-corrected chi connectivity index (χ1v) is 6.80. The molecule has 2 heterocycles. The minimum atomic E-state index is -2.57. The molecular weight excluding hydrogens is 300 g/mol. The highest BCUT2D eigenvalue weighted by Gasteiger charge is 2.47. The van der Waals surface area contributed by atoms with E-state index >= 15 is 0 Å². The molecule has 1 aliphatic heterocycles. The molecule has 1 saturated heterocycles. The first kappa shape index (κ1) is 16.3. The lowest BCUT2D eigenvalue weighted by Gasteiger charge is -2.31. The number of nitrogens with one attached hydrogen (secondary N) is 1. The third-order valence-corrected chi connectivity index (χ3v) is 3.85. The Bertz CT molecular complexity index is 568. The third kappa shape index (κ3) is 3.08. The van der Waals surface area contributed by atoms with Crippen LogP contribution in [0.1, 0.15) is 18.5 Å². The van der Waals surface area contributed by atoms with Crippen LogP contribution in [0.25, 0.3) is 0 Å². The first-order chi connectivity index (χ1) is 10.4. The normalized spacial score (nSPS) is 17.5. The summed E-state index contributed by atoms with van der Waals surface area (Å²) in [7, 11) is 0. The van der Waals surface area contributed by atoms with Gasteiger partial charge in [-0.05, 0) is 19.8 Å². The van der Waals surface area contributed by atoms with Gasteiger partial charge in [0.15, 0.2) is 5.41 Å². The highest BCUT2D eigenvalue weighted by Crippen LogP contribution is 2.32. The molecule has 1 aliphatic rings. The summed E-state index contributed by atoms with van der Waals surface area (Å²) >= 11 is 0. The Hall–Kier alpha value is -2.03. The van der Waals surface area contributed by atoms with Crippen LogP contribution in [0.3, 0.4) is 0 Å². The summed E-state index contributed by atoms with van der Waals surface area (Å²) in [5, 5.41) is 15.7. The Labute approximate surface area is 125 Å². The second kappa shape index (κ2) is 6.39. The van der Waals surface area contributed by atoms with E-state index in [1.165, 1.54) is 13.1 Å². The van der Waals surface area contributed by atoms with Gasteiger partial charge in [0.05, 0.1) is 17.6 Å². The smallest absolute Gasteiger partial charge is 0.319 e. The summed E-state index contributed by atoms with van der Waals surface area (Å²) in [5.41, 5.74) is -0.978. The van der Waals surface area contributed by atoms with Gasteiger partial charge in [0, 0.05) is 13.2 Å². The number of aliphatic carboxylic acids is 1. The molecule has 7 nitrogen and oxygen atoms in total. The Morgan fingerprint density at radius 1 is 1.50 bits per heavy atom. The number of carbonyl (C=O) groups excluding carboxylic acids is 1. The van der Waals surface area contributed by atoms with Crippen molar-refractivity contribution in [3.05, 3.63) is 11.9 Å². The number of carbonyl (C=O) groups is 2. The second-order valence-electron chi connectivity index (χ2n) is 5.17. The van der Waals surface area contributed by atoms with E-state index in [-0.39, 0.29) is 31.7 Å². The van der Waals surface area contributed by atoms with Crippen molar-refractivity contribution in [1.29, 1.82) is 0 Å². The molecule has 22 heavy (non-hydrogen) atoms. The SMILES string of the molecule is Cc1c(NC(=O)C2(C(=O)O)CCOCC2)cnn1CC(F)F. The van der Waals surface area contributed by atoms with Crippen molar-refractivity contribution in [3.63, 3.8) is 0 Å². The number of nitrogens with zero attached hydrogens (tertiary/aromatic N) is 2. The molecule has 1 aromatic rings. The van der Waals surface area contributed by atoms with E-state index in [0.717, 1.165) is 4.68 Å². The molecule has 2 N–H and O–H groups in total. The number of amides is 1. The average Bonchev–Trinajstić information content (AvgIpc) is 2.80. The Kier molecular flexibility index (Phi) is 4.74. The van der Waals surface area contributed by atoms with Crippen LogP contribution < -0.4 is 5.32 Å². The fourth-order valence-corrected chi connectivity index (χ4v) is 2.38. The summed E-state index contributed by atoms with van der Waals surface area (Å²) < 4.78 is 31.0. The van der Waals surface area contributed by atoms with Crippen LogP contribution in [0.2, 0.25) is 0 Å². The van der Waals surface area contributed by atoms with E-state index < -0.39 is 30.3 Å². The molecule has 122 valence electrons. The first-order valence-electron chi connectivity index (χ1n) is 6.80. The van der Waals surface area contributed by atoms with E-state index in [9.17, 15) is 23.5 Å². The molecule has 1 amide bonds. The molecule has 1 aromatic heterocycles. The van der Waals surface area contributed by atoms with Crippen molar-refractivity contribution in [1.82, 2.24) is 9.78 Å². The summed E-state index contributed by atoms with van der Waals surface area (Å²) in [6.45, 7) is 1.31. The highest BCUT2D eigenvalue weighted by atomic mass is 19.3. The second-order valence-corrected chi connectivity index (χ2v) is 5.17. The van der Waals surface area contributed by atoms with Crippen LogP contribution in [0, 0.1) is 12.3 Å². The maximum Gasteiger partial charge on any atom is 0.319 e. The third-order valence-electron chi connectivity index (χ3n) is 3.85. The molecule has 0 radical (unpaired) electrons. The van der Waals surface area contributed by atoms with Crippen molar-refractivity contribution in [2.75, 3.05) is 18.5 Å². The number of hydrogen-bond acceptors (Lipinski definition) is 4. The van der Waals surface area contributed by atoms with Crippen LogP contribution in [0.15, 0.2) is 6.20 Å². The molecule has 0 saturated carbocycles. The van der Waals surface area contributed by atoms with Crippen molar-refractivity contribution in [2.45, 2.75) is 32.7 Å². The number of ether oxygens (including phenoxy) is 1. The molecule has 0 unspecified atom stereocenters. The van der Waals surface area contributed by atoms with Crippen LogP contribution in [-0.4, -0.2) is 46.4 Å². The summed E-state index contributed by atoms with van der Waals surface area (Å²) in [6, 6.07) is 0. The van der Waals surface area contributed by atoms with Crippen LogP contribution in [0.4, 0.5) is 14.5 Å². The molecule has 0 atom stereocenters. The van der Waals surface area contributed by atoms with Gasteiger partial charge in [-0.2, -0.15) is 5.10 Å². The van der Waals surface area contributed by atoms with Crippen LogP contribution in [0.5, 0.6) is 0 Å². The predicted octanol–water partition coefficient (Wildman–Crippen LogP) is 1.28. The zero-order valence-electron chi connectivity index (χ0n) is 12.0. The summed E-state index contributed by atoms with van der Waals surface area (Å²) in [6.07, 6.45) is -1.19. The number of carboxylic acid groups (broad SMARTS) is 1. The fourth-order valence-electron chi connectivity index (χ4n) is 2.38. The van der Waals surface area contributed by atoms with E-state index in [1.807, 2.05) is 0 Å². The average molecular weight is 317 g/mol. The minimum absolute atomic E-state index is 0.0678. The molecule has 9 heteroatoms. The monoisotopic (exact) mass is 317 g/mol. The van der Waals surface area contributed by atoms with E-state index in [2.05, 4.69) is 10.4 Å². The zero-order valence-corrected chi connectivity index (χ0v) is 12.0. The fraction of sp³-hybridized carbons (Fsp3) is 0.615. The minimum Gasteiger partial charge on any atom is -0.480 e. The lowest BCUT2D eigenvalue weighted by molar-refractivity contribution is -0.160. The van der Waals surface area contributed by atoms with Gasteiger partial charge in [0.1, 0.15) is 6.54 Å². The molecule has 0 aromatic carbocycles. The van der Waals surface area contributed by atoms with Gasteiger partial charge >= 0.3 is 5.97 Å². The molecule has 2 rings (SSSR count). The van der Waals surface area contributed by atoms with Crippen molar-refractivity contribution in [2.24, 2.45) is 5.41 Å². The number of halogens is 2. The van der Waals surface area contributed by atoms with Crippen LogP contribution in [-0.2, 0) is 20.9 Å². The standard InChI is InChI=1S/C13H17F2N3O4/c1-8-9(6-16-18(8)7-10(14)15)17-11(19)13(12(20)21)2-4-22-5-3-13/h6,10H,2-5,7H2,1H3,(H,17,19)(H,20,21). The molecule has 1 fully saturated rings. The zero-order chi connectivity index (χ0) is 16.3. The summed E-state index contributed by atoms with van der Waals surface area (Å²) in [4.78, 5) is 23.9.